The second kappa shape index (κ2) is 6.12. The van der Waals surface area contributed by atoms with Gasteiger partial charge in [-0.25, -0.2) is 0 Å². The van der Waals surface area contributed by atoms with Crippen LogP contribution in [0.5, 0.6) is 0 Å². The summed E-state index contributed by atoms with van der Waals surface area (Å²) in [4.78, 5) is 12.8. The van der Waals surface area contributed by atoms with E-state index in [1.807, 2.05) is 42.5 Å². The number of hydrogen-bond donors (Lipinski definition) is 0. The van der Waals surface area contributed by atoms with Crippen LogP contribution in [0.4, 0.5) is 0 Å². The molecule has 0 spiro atoms. The maximum Gasteiger partial charge on any atom is 0.193 e. The van der Waals surface area contributed by atoms with Crippen molar-refractivity contribution in [2.24, 2.45) is 0 Å². The van der Waals surface area contributed by atoms with Gasteiger partial charge in [0, 0.05) is 28.0 Å². The van der Waals surface area contributed by atoms with Gasteiger partial charge >= 0.3 is 0 Å². The summed E-state index contributed by atoms with van der Waals surface area (Å²) in [6, 6.07) is 16.1. The third-order valence-electron chi connectivity index (χ3n) is 3.31. The van der Waals surface area contributed by atoms with Crippen LogP contribution in [0.1, 0.15) is 11.3 Å². The molecule has 0 amide bonds. The molecule has 22 heavy (non-hydrogen) atoms. The Morgan fingerprint density at radius 2 is 1.73 bits per heavy atom. The average molecular weight is 310 g/mol. The first-order valence-corrected chi connectivity index (χ1v) is 8.34. The summed E-state index contributed by atoms with van der Waals surface area (Å²) in [5.41, 5.74) is 1.47. The third kappa shape index (κ3) is 3.07. The molecule has 0 aliphatic heterocycles. The van der Waals surface area contributed by atoms with Crippen LogP contribution in [0, 0.1) is 0 Å². The number of rotatable bonds is 3. The molecule has 0 aliphatic carbocycles. The van der Waals surface area contributed by atoms with Crippen LogP contribution in [0.25, 0.3) is 23.1 Å². The van der Waals surface area contributed by atoms with Crippen molar-refractivity contribution in [3.63, 3.8) is 0 Å². The normalized spacial score (nSPS) is 12.8. The molecule has 3 nitrogen and oxygen atoms in total. The minimum Gasteiger partial charge on any atom is -0.456 e. The Kier molecular flexibility index (Phi) is 4.02. The van der Waals surface area contributed by atoms with E-state index in [9.17, 15) is 9.00 Å². The monoisotopic (exact) mass is 310 g/mol. The van der Waals surface area contributed by atoms with Crippen molar-refractivity contribution in [2.45, 2.75) is 4.90 Å². The van der Waals surface area contributed by atoms with Gasteiger partial charge in [-0.15, -0.1) is 0 Å². The maximum atomic E-state index is 12.0. The Labute approximate surface area is 130 Å². The van der Waals surface area contributed by atoms with Crippen LogP contribution in [-0.4, -0.2) is 10.5 Å². The Bertz CT molecular complexity index is 921. The highest BCUT2D eigenvalue weighted by atomic mass is 32.2. The molecule has 0 saturated carbocycles. The van der Waals surface area contributed by atoms with Crippen molar-refractivity contribution in [3.8, 4) is 0 Å². The lowest BCUT2D eigenvalue weighted by Crippen LogP contribution is -1.99. The zero-order chi connectivity index (χ0) is 15.5. The lowest BCUT2D eigenvalue weighted by Gasteiger charge is -1.99. The van der Waals surface area contributed by atoms with E-state index in [4.69, 9.17) is 4.42 Å². The first-order chi connectivity index (χ1) is 10.6. The lowest BCUT2D eigenvalue weighted by molar-refractivity contribution is 0.591. The molecule has 0 fully saturated rings. The summed E-state index contributed by atoms with van der Waals surface area (Å²) < 4.78 is 17.0. The minimum atomic E-state index is -0.980. The zero-order valence-corrected chi connectivity index (χ0v) is 12.8. The first-order valence-electron chi connectivity index (χ1n) is 6.78. The van der Waals surface area contributed by atoms with E-state index in [-0.39, 0.29) is 5.43 Å². The predicted molar refractivity (Wildman–Crippen MR) is 90.2 cm³/mol. The highest BCUT2D eigenvalue weighted by molar-refractivity contribution is 7.84. The largest absolute Gasteiger partial charge is 0.456 e. The van der Waals surface area contributed by atoms with Crippen molar-refractivity contribution in [3.05, 3.63) is 76.1 Å². The van der Waals surface area contributed by atoms with Crippen LogP contribution in [0.2, 0.25) is 0 Å². The number of benzene rings is 2. The minimum absolute atomic E-state index is 0.0572. The molecule has 3 aromatic rings. The molecular weight excluding hydrogens is 296 g/mol. The van der Waals surface area contributed by atoms with Crippen LogP contribution < -0.4 is 5.43 Å². The summed E-state index contributed by atoms with van der Waals surface area (Å²) >= 11 is 0. The predicted octanol–water partition coefficient (Wildman–Crippen LogP) is 3.70. The molecule has 1 heterocycles. The van der Waals surface area contributed by atoms with Gasteiger partial charge in [0.25, 0.3) is 0 Å². The van der Waals surface area contributed by atoms with E-state index in [0.717, 1.165) is 10.5 Å². The van der Waals surface area contributed by atoms with Crippen LogP contribution >= 0.6 is 0 Å². The molecule has 4 heteroatoms. The first kappa shape index (κ1) is 14.5. The molecule has 1 atom stereocenters. The molecule has 0 saturated heterocycles. The summed E-state index contributed by atoms with van der Waals surface area (Å²) in [5.74, 6) is 0.506. The van der Waals surface area contributed by atoms with E-state index in [1.165, 1.54) is 6.07 Å². The second-order valence-electron chi connectivity index (χ2n) is 4.87. The average Bonchev–Trinajstić information content (AvgIpc) is 2.53. The fourth-order valence-electron chi connectivity index (χ4n) is 2.15. The van der Waals surface area contributed by atoms with Gasteiger partial charge in [0.1, 0.15) is 11.3 Å². The lowest BCUT2D eigenvalue weighted by atomic mass is 10.2. The van der Waals surface area contributed by atoms with E-state index >= 15 is 0 Å². The van der Waals surface area contributed by atoms with Crippen molar-refractivity contribution in [2.75, 3.05) is 6.26 Å². The van der Waals surface area contributed by atoms with Gasteiger partial charge in [0.05, 0.1) is 5.39 Å². The van der Waals surface area contributed by atoms with Gasteiger partial charge in [-0.1, -0.05) is 30.3 Å². The number of fused-ring (bicyclic) bond motifs is 1. The molecule has 1 unspecified atom stereocenters. The fraction of sp³-hybridized carbons (Fsp3) is 0.0556. The fourth-order valence-corrected chi connectivity index (χ4v) is 2.67. The molecule has 0 bridgehead atoms. The molecule has 1 aromatic heterocycles. The highest BCUT2D eigenvalue weighted by Crippen LogP contribution is 2.15. The van der Waals surface area contributed by atoms with Crippen LogP contribution in [-0.2, 0) is 10.8 Å². The molecule has 0 N–H and O–H groups in total. The van der Waals surface area contributed by atoms with Gasteiger partial charge in [0.2, 0.25) is 0 Å². The van der Waals surface area contributed by atoms with Gasteiger partial charge in [-0.2, -0.15) is 0 Å². The van der Waals surface area contributed by atoms with E-state index in [1.54, 1.807) is 24.5 Å². The quantitative estimate of drug-likeness (QED) is 0.741. The summed E-state index contributed by atoms with van der Waals surface area (Å²) in [5, 5.41) is 0.578. The smallest absolute Gasteiger partial charge is 0.193 e. The van der Waals surface area contributed by atoms with Gasteiger partial charge in [-0.05, 0) is 35.9 Å². The Morgan fingerprint density at radius 1 is 1.00 bits per heavy atom. The molecule has 0 aliphatic rings. The molecule has 2 aromatic carbocycles. The molecular formula is C18H14O3S. The Morgan fingerprint density at radius 3 is 2.45 bits per heavy atom. The van der Waals surface area contributed by atoms with Crippen LogP contribution in [0.15, 0.2) is 68.7 Å². The Hall–Kier alpha value is -2.46. The van der Waals surface area contributed by atoms with Crippen molar-refractivity contribution >= 4 is 33.9 Å². The SMILES string of the molecule is CS(=O)c1ccc(C=Cc2cc(=O)c3ccccc3o2)cc1. The van der Waals surface area contributed by atoms with Gasteiger partial charge in [-0.3, -0.25) is 9.00 Å². The summed E-state index contributed by atoms with van der Waals surface area (Å²) in [6.45, 7) is 0. The molecule has 0 radical (unpaired) electrons. The van der Waals surface area contributed by atoms with Crippen molar-refractivity contribution < 1.29 is 8.63 Å². The third-order valence-corrected chi connectivity index (χ3v) is 4.24. The van der Waals surface area contributed by atoms with E-state index in [2.05, 4.69) is 0 Å². The van der Waals surface area contributed by atoms with Gasteiger partial charge < -0.3 is 4.42 Å². The maximum absolute atomic E-state index is 12.0. The second-order valence-corrected chi connectivity index (χ2v) is 6.25. The van der Waals surface area contributed by atoms with Crippen molar-refractivity contribution in [1.82, 2.24) is 0 Å². The molecule has 110 valence electrons. The van der Waals surface area contributed by atoms with Crippen molar-refractivity contribution in [1.29, 1.82) is 0 Å². The number of para-hydroxylation sites is 1. The summed E-state index contributed by atoms with van der Waals surface area (Å²) in [6.07, 6.45) is 5.26. The van der Waals surface area contributed by atoms with E-state index < -0.39 is 10.8 Å². The molecule has 3 rings (SSSR count). The topological polar surface area (TPSA) is 47.3 Å². The van der Waals surface area contributed by atoms with E-state index in [0.29, 0.717) is 16.7 Å². The van der Waals surface area contributed by atoms with Gasteiger partial charge in [0.15, 0.2) is 5.43 Å². The summed E-state index contributed by atoms with van der Waals surface area (Å²) in [7, 11) is -0.980. The number of hydrogen-bond acceptors (Lipinski definition) is 3. The zero-order valence-electron chi connectivity index (χ0n) is 12.0. The Balaban J connectivity index is 1.92. The standard InChI is InChI=1S/C18H14O3S/c1-22(20)15-10-7-13(8-11-15)6-9-14-12-17(19)16-4-2-3-5-18(16)21-14/h2-12H,1H3. The van der Waals surface area contributed by atoms with Crippen LogP contribution in [0.3, 0.4) is 0 Å². The highest BCUT2D eigenvalue weighted by Gasteiger charge is 2.01.